The Morgan fingerprint density at radius 3 is 2.38 bits per heavy atom. The van der Waals surface area contributed by atoms with Crippen LogP contribution < -0.4 is 15.2 Å². The van der Waals surface area contributed by atoms with Gasteiger partial charge in [-0.3, -0.25) is 0 Å². The highest BCUT2D eigenvalue weighted by Gasteiger charge is 2.02. The Labute approximate surface area is 134 Å². The molecule has 2 aromatic rings. The smallest absolute Gasteiger partial charge is 0.133 e. The molecule has 0 heterocycles. The molecular formula is C16H17NO2S2. The molecule has 0 amide bonds. The van der Waals surface area contributed by atoms with Crippen LogP contribution in [-0.4, -0.2) is 24.5 Å². The lowest BCUT2D eigenvalue weighted by atomic mass is 10.2. The molecule has 2 rings (SSSR count). The summed E-state index contributed by atoms with van der Waals surface area (Å²) in [6, 6.07) is 15.4. The fourth-order valence-electron chi connectivity index (χ4n) is 1.76. The van der Waals surface area contributed by atoms with Gasteiger partial charge in [-0.1, -0.05) is 24.4 Å². The summed E-state index contributed by atoms with van der Waals surface area (Å²) in [7, 11) is 0. The zero-order chi connectivity index (χ0) is 15.1. The first kappa shape index (κ1) is 15.7. The van der Waals surface area contributed by atoms with Crippen molar-refractivity contribution in [2.24, 2.45) is 5.73 Å². The van der Waals surface area contributed by atoms with Gasteiger partial charge in [-0.05, 0) is 42.7 Å². The zero-order valence-electron chi connectivity index (χ0n) is 11.7. The second kappa shape index (κ2) is 7.90. The summed E-state index contributed by atoms with van der Waals surface area (Å²) in [5.74, 6) is 1.66. The van der Waals surface area contributed by atoms with E-state index in [0.717, 1.165) is 22.0 Å². The third-order valence-electron chi connectivity index (χ3n) is 2.82. The lowest BCUT2D eigenvalue weighted by molar-refractivity contribution is 0.214. The summed E-state index contributed by atoms with van der Waals surface area (Å²) >= 11 is 6.57. The molecule has 0 unspecified atom stereocenters. The Morgan fingerprint density at radius 1 is 1.05 bits per heavy atom. The number of hydrogen-bond donors (Lipinski definition) is 1. The Kier molecular flexibility index (Phi) is 5.90. The molecule has 0 bridgehead atoms. The van der Waals surface area contributed by atoms with Crippen molar-refractivity contribution in [1.29, 1.82) is 0 Å². The second-order valence-corrected chi connectivity index (χ2v) is 5.52. The van der Waals surface area contributed by atoms with Gasteiger partial charge in [0.1, 0.15) is 29.7 Å². The van der Waals surface area contributed by atoms with Gasteiger partial charge in [-0.2, -0.15) is 0 Å². The molecule has 0 aliphatic rings. The Hall–Kier alpha value is -1.72. The van der Waals surface area contributed by atoms with Crippen LogP contribution >= 0.6 is 24.0 Å². The number of thioether (sulfide) groups is 1. The van der Waals surface area contributed by atoms with Crippen LogP contribution in [0.25, 0.3) is 0 Å². The molecule has 110 valence electrons. The fourth-order valence-corrected chi connectivity index (χ4v) is 2.44. The van der Waals surface area contributed by atoms with Crippen molar-refractivity contribution in [3.63, 3.8) is 0 Å². The third-order valence-corrected chi connectivity index (χ3v) is 3.83. The van der Waals surface area contributed by atoms with Gasteiger partial charge in [0.25, 0.3) is 0 Å². The first-order valence-electron chi connectivity index (χ1n) is 6.49. The van der Waals surface area contributed by atoms with Crippen molar-refractivity contribution in [3.05, 3.63) is 54.1 Å². The predicted octanol–water partition coefficient (Wildman–Crippen LogP) is 3.50. The summed E-state index contributed by atoms with van der Waals surface area (Å²) in [6.45, 7) is 0.976. The Bertz CT molecular complexity index is 599. The van der Waals surface area contributed by atoms with Crippen molar-refractivity contribution < 1.29 is 9.47 Å². The minimum atomic E-state index is 0.388. The normalized spacial score (nSPS) is 10.1. The molecule has 0 saturated carbocycles. The Morgan fingerprint density at radius 2 is 1.71 bits per heavy atom. The van der Waals surface area contributed by atoms with Crippen LogP contribution in [0, 0.1) is 0 Å². The minimum Gasteiger partial charge on any atom is -0.490 e. The molecule has 0 saturated heterocycles. The second-order valence-electron chi connectivity index (χ2n) is 4.24. The molecule has 0 aliphatic carbocycles. The van der Waals surface area contributed by atoms with E-state index >= 15 is 0 Å². The van der Waals surface area contributed by atoms with Crippen LogP contribution in [0.4, 0.5) is 0 Å². The van der Waals surface area contributed by atoms with Gasteiger partial charge in [-0.15, -0.1) is 11.8 Å². The van der Waals surface area contributed by atoms with Crippen LogP contribution in [0.2, 0.25) is 0 Å². The van der Waals surface area contributed by atoms with E-state index in [1.54, 1.807) is 11.8 Å². The van der Waals surface area contributed by atoms with Gasteiger partial charge in [0.05, 0.1) is 0 Å². The number of hydrogen-bond acceptors (Lipinski definition) is 4. The number of nitrogens with two attached hydrogens (primary N) is 1. The van der Waals surface area contributed by atoms with E-state index in [2.05, 4.69) is 0 Å². The topological polar surface area (TPSA) is 44.5 Å². The molecule has 5 heteroatoms. The number of benzene rings is 2. The van der Waals surface area contributed by atoms with E-state index in [9.17, 15) is 0 Å². The van der Waals surface area contributed by atoms with Gasteiger partial charge in [0.2, 0.25) is 0 Å². The summed E-state index contributed by atoms with van der Waals surface area (Å²) in [6.07, 6.45) is 2.03. The molecule has 0 fully saturated rings. The van der Waals surface area contributed by atoms with Crippen LogP contribution in [-0.2, 0) is 0 Å². The van der Waals surface area contributed by atoms with Crippen LogP contribution in [0.3, 0.4) is 0 Å². The molecule has 0 aromatic heterocycles. The number of para-hydroxylation sites is 1. The van der Waals surface area contributed by atoms with Crippen molar-refractivity contribution in [2.75, 3.05) is 19.5 Å². The van der Waals surface area contributed by atoms with E-state index in [4.69, 9.17) is 27.4 Å². The van der Waals surface area contributed by atoms with E-state index in [-0.39, 0.29) is 0 Å². The molecule has 21 heavy (non-hydrogen) atoms. The van der Waals surface area contributed by atoms with E-state index < -0.39 is 0 Å². The first-order chi connectivity index (χ1) is 10.2. The summed E-state index contributed by atoms with van der Waals surface area (Å²) in [5.41, 5.74) is 6.38. The number of rotatable bonds is 7. The van der Waals surface area contributed by atoms with Crippen molar-refractivity contribution >= 4 is 29.0 Å². The lowest BCUT2D eigenvalue weighted by Crippen LogP contribution is -2.10. The van der Waals surface area contributed by atoms with Crippen molar-refractivity contribution in [2.45, 2.75) is 4.90 Å². The third kappa shape index (κ3) is 4.65. The molecule has 2 N–H and O–H groups in total. The maximum Gasteiger partial charge on any atom is 0.133 e. The standard InChI is InChI=1S/C16H17NO2S2/c1-21-15-5-3-2-4-14(15)19-11-10-18-13-8-6-12(7-9-13)16(17)20/h2-9H,10-11H2,1H3,(H2,17,20). The number of ether oxygens (including phenoxy) is 2. The van der Waals surface area contributed by atoms with E-state index in [1.165, 1.54) is 0 Å². The molecule has 0 spiro atoms. The molecule has 3 nitrogen and oxygen atoms in total. The van der Waals surface area contributed by atoms with Gasteiger partial charge in [0.15, 0.2) is 0 Å². The van der Waals surface area contributed by atoms with Crippen molar-refractivity contribution in [3.8, 4) is 11.5 Å². The maximum atomic E-state index is 5.73. The molecule has 0 aliphatic heterocycles. The van der Waals surface area contributed by atoms with Crippen LogP contribution in [0.15, 0.2) is 53.4 Å². The Balaban J connectivity index is 1.80. The minimum absolute atomic E-state index is 0.388. The summed E-state index contributed by atoms with van der Waals surface area (Å²) in [5, 5.41) is 0. The van der Waals surface area contributed by atoms with E-state index in [0.29, 0.717) is 18.2 Å². The monoisotopic (exact) mass is 319 g/mol. The van der Waals surface area contributed by atoms with Crippen LogP contribution in [0.5, 0.6) is 11.5 Å². The van der Waals surface area contributed by atoms with Gasteiger partial charge in [0, 0.05) is 10.5 Å². The first-order valence-corrected chi connectivity index (χ1v) is 8.12. The average molecular weight is 319 g/mol. The molecule has 2 aromatic carbocycles. The predicted molar refractivity (Wildman–Crippen MR) is 91.5 cm³/mol. The van der Waals surface area contributed by atoms with Gasteiger partial charge in [-0.25, -0.2) is 0 Å². The van der Waals surface area contributed by atoms with Crippen LogP contribution in [0.1, 0.15) is 5.56 Å². The van der Waals surface area contributed by atoms with E-state index in [1.807, 2.05) is 54.8 Å². The lowest BCUT2D eigenvalue weighted by Gasteiger charge is -2.11. The summed E-state index contributed by atoms with van der Waals surface area (Å²) in [4.78, 5) is 1.51. The average Bonchev–Trinajstić information content (AvgIpc) is 2.52. The highest BCUT2D eigenvalue weighted by atomic mass is 32.2. The highest BCUT2D eigenvalue weighted by molar-refractivity contribution is 7.98. The largest absolute Gasteiger partial charge is 0.490 e. The highest BCUT2D eigenvalue weighted by Crippen LogP contribution is 2.26. The zero-order valence-corrected chi connectivity index (χ0v) is 13.4. The summed E-state index contributed by atoms with van der Waals surface area (Å²) < 4.78 is 11.3. The molecule has 0 atom stereocenters. The molecule has 0 radical (unpaired) electrons. The van der Waals surface area contributed by atoms with Crippen molar-refractivity contribution in [1.82, 2.24) is 0 Å². The van der Waals surface area contributed by atoms with Gasteiger partial charge >= 0.3 is 0 Å². The molecular weight excluding hydrogens is 302 g/mol. The quantitative estimate of drug-likeness (QED) is 0.481. The maximum absolute atomic E-state index is 5.73. The van der Waals surface area contributed by atoms with Gasteiger partial charge < -0.3 is 15.2 Å². The SMILES string of the molecule is CSc1ccccc1OCCOc1ccc(C(N)=S)cc1. The fraction of sp³-hybridized carbons (Fsp3) is 0.188. The number of thiocarbonyl (C=S) groups is 1.